The summed E-state index contributed by atoms with van der Waals surface area (Å²) in [5, 5.41) is 0. The Balaban J connectivity index is 2.37. The van der Waals surface area contributed by atoms with Crippen molar-refractivity contribution in [3.8, 4) is 0 Å². The van der Waals surface area contributed by atoms with E-state index < -0.39 is 0 Å². The van der Waals surface area contributed by atoms with Crippen LogP contribution >= 0.6 is 0 Å². The van der Waals surface area contributed by atoms with Crippen LogP contribution in [0.2, 0.25) is 0 Å². The SMILES string of the molecule is C=CC[C@H](c1ccccc1)[C@@H](CC=C)c1ccccc1. The van der Waals surface area contributed by atoms with Gasteiger partial charge in [-0.2, -0.15) is 0 Å². The molecule has 2 atom stereocenters. The molecule has 2 aromatic rings. The van der Waals surface area contributed by atoms with Gasteiger partial charge < -0.3 is 0 Å². The molecular weight excluding hydrogens is 240 g/mol. The largest absolute Gasteiger partial charge is 0.103 e. The predicted molar refractivity (Wildman–Crippen MR) is 88.0 cm³/mol. The second-order valence-corrected chi connectivity index (χ2v) is 5.08. The fraction of sp³-hybridized carbons (Fsp3) is 0.200. The van der Waals surface area contributed by atoms with Crippen LogP contribution in [-0.2, 0) is 0 Å². The van der Waals surface area contributed by atoms with E-state index in [1.54, 1.807) is 0 Å². The first-order valence-electron chi connectivity index (χ1n) is 7.18. The van der Waals surface area contributed by atoms with E-state index in [0.717, 1.165) is 12.8 Å². The molecule has 0 aromatic heterocycles. The summed E-state index contributed by atoms with van der Waals surface area (Å²) in [4.78, 5) is 0. The summed E-state index contributed by atoms with van der Waals surface area (Å²) < 4.78 is 0. The Kier molecular flexibility index (Phi) is 5.37. The van der Waals surface area contributed by atoms with Gasteiger partial charge in [0.25, 0.3) is 0 Å². The Morgan fingerprint density at radius 1 is 0.650 bits per heavy atom. The minimum absolute atomic E-state index is 0.453. The minimum Gasteiger partial charge on any atom is -0.103 e. The molecule has 2 rings (SSSR count). The molecule has 0 heterocycles. The van der Waals surface area contributed by atoms with Gasteiger partial charge in [0.15, 0.2) is 0 Å². The van der Waals surface area contributed by atoms with Crippen molar-refractivity contribution in [1.82, 2.24) is 0 Å². The van der Waals surface area contributed by atoms with Crippen LogP contribution in [0.1, 0.15) is 35.8 Å². The highest BCUT2D eigenvalue weighted by Gasteiger charge is 2.22. The highest BCUT2D eigenvalue weighted by molar-refractivity contribution is 5.29. The molecule has 0 radical (unpaired) electrons. The van der Waals surface area contributed by atoms with E-state index in [9.17, 15) is 0 Å². The normalized spacial score (nSPS) is 13.4. The van der Waals surface area contributed by atoms with Gasteiger partial charge in [-0.3, -0.25) is 0 Å². The van der Waals surface area contributed by atoms with Gasteiger partial charge in [0.2, 0.25) is 0 Å². The van der Waals surface area contributed by atoms with Gasteiger partial charge in [-0.25, -0.2) is 0 Å². The third-order valence-corrected chi connectivity index (χ3v) is 3.78. The quantitative estimate of drug-likeness (QED) is 0.561. The molecule has 0 amide bonds. The van der Waals surface area contributed by atoms with Crippen LogP contribution in [0.4, 0.5) is 0 Å². The number of hydrogen-bond donors (Lipinski definition) is 0. The molecular formula is C20H22. The van der Waals surface area contributed by atoms with E-state index in [0.29, 0.717) is 11.8 Å². The second kappa shape index (κ2) is 7.49. The lowest BCUT2D eigenvalue weighted by atomic mass is 9.78. The fourth-order valence-corrected chi connectivity index (χ4v) is 2.82. The molecule has 102 valence electrons. The Hall–Kier alpha value is -2.08. The molecule has 0 heteroatoms. The standard InChI is InChI=1S/C20H22/c1-3-11-19(17-13-7-5-8-14-17)20(12-4-2)18-15-9-6-10-16-18/h3-10,13-16,19-20H,1-2,11-12H2/t19-,20+. The van der Waals surface area contributed by atoms with E-state index in [2.05, 4.69) is 73.8 Å². The van der Waals surface area contributed by atoms with Gasteiger partial charge in [0.05, 0.1) is 0 Å². The lowest BCUT2D eigenvalue weighted by Crippen LogP contribution is -2.10. The maximum atomic E-state index is 3.94. The summed E-state index contributed by atoms with van der Waals surface area (Å²) in [6.07, 6.45) is 6.02. The number of benzene rings is 2. The molecule has 0 unspecified atom stereocenters. The molecule has 0 aliphatic heterocycles. The van der Waals surface area contributed by atoms with Crippen molar-refractivity contribution in [3.63, 3.8) is 0 Å². The summed E-state index contributed by atoms with van der Waals surface area (Å²) in [6.45, 7) is 7.87. The van der Waals surface area contributed by atoms with E-state index in [4.69, 9.17) is 0 Å². The van der Waals surface area contributed by atoms with Crippen molar-refractivity contribution in [2.75, 3.05) is 0 Å². The van der Waals surface area contributed by atoms with Crippen molar-refractivity contribution in [1.29, 1.82) is 0 Å². The van der Waals surface area contributed by atoms with Crippen LogP contribution in [0.25, 0.3) is 0 Å². The average molecular weight is 262 g/mol. The van der Waals surface area contributed by atoms with E-state index in [-0.39, 0.29) is 0 Å². The zero-order valence-electron chi connectivity index (χ0n) is 11.9. The van der Waals surface area contributed by atoms with Crippen LogP contribution in [-0.4, -0.2) is 0 Å². The van der Waals surface area contributed by atoms with Crippen molar-refractivity contribution in [3.05, 3.63) is 97.1 Å². The first-order chi connectivity index (χ1) is 9.86. The average Bonchev–Trinajstić information content (AvgIpc) is 2.52. The van der Waals surface area contributed by atoms with Crippen LogP contribution in [0, 0.1) is 0 Å². The van der Waals surface area contributed by atoms with E-state index in [1.165, 1.54) is 11.1 Å². The number of hydrogen-bond acceptors (Lipinski definition) is 0. The van der Waals surface area contributed by atoms with Crippen LogP contribution < -0.4 is 0 Å². The number of allylic oxidation sites excluding steroid dienone is 2. The van der Waals surface area contributed by atoms with Crippen molar-refractivity contribution in [2.24, 2.45) is 0 Å². The van der Waals surface area contributed by atoms with Crippen molar-refractivity contribution < 1.29 is 0 Å². The molecule has 0 fully saturated rings. The monoisotopic (exact) mass is 262 g/mol. The van der Waals surface area contributed by atoms with Crippen molar-refractivity contribution >= 4 is 0 Å². The Bertz CT molecular complexity index is 473. The molecule has 2 aromatic carbocycles. The van der Waals surface area contributed by atoms with E-state index >= 15 is 0 Å². The molecule has 0 aliphatic rings. The maximum absolute atomic E-state index is 3.94. The highest BCUT2D eigenvalue weighted by atomic mass is 14.3. The molecule has 20 heavy (non-hydrogen) atoms. The molecule has 0 aliphatic carbocycles. The zero-order valence-corrected chi connectivity index (χ0v) is 11.9. The summed E-state index contributed by atoms with van der Waals surface area (Å²) in [6, 6.07) is 21.4. The predicted octanol–water partition coefficient (Wildman–Crippen LogP) is 5.71. The second-order valence-electron chi connectivity index (χ2n) is 5.08. The Morgan fingerprint density at radius 3 is 1.30 bits per heavy atom. The van der Waals surface area contributed by atoms with Crippen LogP contribution in [0.3, 0.4) is 0 Å². The summed E-state index contributed by atoms with van der Waals surface area (Å²) in [5.74, 6) is 0.906. The third kappa shape index (κ3) is 3.48. The molecule has 0 saturated heterocycles. The first-order valence-corrected chi connectivity index (χ1v) is 7.18. The van der Waals surface area contributed by atoms with Gasteiger partial charge in [-0.1, -0.05) is 72.8 Å². The van der Waals surface area contributed by atoms with Crippen molar-refractivity contribution in [2.45, 2.75) is 24.7 Å². The highest BCUT2D eigenvalue weighted by Crippen LogP contribution is 2.38. The Labute approximate surface area is 122 Å². The fourth-order valence-electron chi connectivity index (χ4n) is 2.82. The number of rotatable bonds is 7. The summed E-state index contributed by atoms with van der Waals surface area (Å²) in [5.41, 5.74) is 2.76. The van der Waals surface area contributed by atoms with Crippen LogP contribution in [0.5, 0.6) is 0 Å². The van der Waals surface area contributed by atoms with Gasteiger partial charge in [0.1, 0.15) is 0 Å². The molecule has 0 nitrogen and oxygen atoms in total. The zero-order chi connectivity index (χ0) is 14.2. The molecule has 0 spiro atoms. The molecule has 0 N–H and O–H groups in total. The van der Waals surface area contributed by atoms with Gasteiger partial charge in [0, 0.05) is 0 Å². The smallest absolute Gasteiger partial charge is 0.00557 e. The molecule has 0 bridgehead atoms. The minimum atomic E-state index is 0.453. The third-order valence-electron chi connectivity index (χ3n) is 3.78. The maximum Gasteiger partial charge on any atom is -0.00557 e. The summed E-state index contributed by atoms with van der Waals surface area (Å²) >= 11 is 0. The molecule has 0 saturated carbocycles. The van der Waals surface area contributed by atoms with Gasteiger partial charge >= 0.3 is 0 Å². The topological polar surface area (TPSA) is 0 Å². The lowest BCUT2D eigenvalue weighted by molar-refractivity contribution is 0.547. The van der Waals surface area contributed by atoms with Gasteiger partial charge in [-0.15, -0.1) is 13.2 Å². The lowest BCUT2D eigenvalue weighted by Gasteiger charge is -2.26. The summed E-state index contributed by atoms with van der Waals surface area (Å²) in [7, 11) is 0. The first kappa shape index (κ1) is 14.3. The van der Waals surface area contributed by atoms with E-state index in [1.807, 2.05) is 12.2 Å². The van der Waals surface area contributed by atoms with Gasteiger partial charge in [-0.05, 0) is 35.8 Å². The van der Waals surface area contributed by atoms with Crippen LogP contribution in [0.15, 0.2) is 86.0 Å². The Morgan fingerprint density at radius 2 is 1.00 bits per heavy atom.